The molecule has 5 rings (SSSR count). The fourth-order valence-electron chi connectivity index (χ4n) is 4.75. The normalized spacial score (nSPS) is 24.0. The first-order chi connectivity index (χ1) is 13.8. The predicted molar refractivity (Wildman–Crippen MR) is 108 cm³/mol. The predicted octanol–water partition coefficient (Wildman–Crippen LogP) is 3.10. The van der Waals surface area contributed by atoms with Crippen molar-refractivity contribution < 1.29 is 19.3 Å². The Hall–Kier alpha value is -1.89. The SMILES string of the molecule is Oc1c(C2=NCCOC2)c2cc(CC3CCOCC3)ccc2n1C1CCOC1. The zero-order valence-electron chi connectivity index (χ0n) is 16.2. The molecular weight excluding hydrogens is 356 g/mol. The molecule has 2 aromatic rings. The van der Waals surface area contributed by atoms with Crippen LogP contribution in [0.25, 0.3) is 10.9 Å². The van der Waals surface area contributed by atoms with Gasteiger partial charge in [0, 0.05) is 25.2 Å². The summed E-state index contributed by atoms with van der Waals surface area (Å²) in [6, 6.07) is 6.80. The minimum absolute atomic E-state index is 0.169. The molecule has 3 aliphatic heterocycles. The molecule has 0 spiro atoms. The number of rotatable bonds is 4. The van der Waals surface area contributed by atoms with Gasteiger partial charge >= 0.3 is 0 Å². The molecule has 6 heteroatoms. The number of hydrogen-bond donors (Lipinski definition) is 1. The third kappa shape index (κ3) is 3.34. The maximum Gasteiger partial charge on any atom is 0.201 e. The van der Waals surface area contributed by atoms with Crippen molar-refractivity contribution in [1.82, 2.24) is 4.57 Å². The Morgan fingerprint density at radius 2 is 1.89 bits per heavy atom. The molecule has 1 unspecified atom stereocenters. The first-order valence-electron chi connectivity index (χ1n) is 10.4. The number of aromatic hydroxyl groups is 1. The van der Waals surface area contributed by atoms with E-state index in [0.717, 1.165) is 67.7 Å². The smallest absolute Gasteiger partial charge is 0.201 e. The van der Waals surface area contributed by atoms with Crippen molar-refractivity contribution in [3.05, 3.63) is 29.3 Å². The van der Waals surface area contributed by atoms with Crippen molar-refractivity contribution in [3.63, 3.8) is 0 Å². The summed E-state index contributed by atoms with van der Waals surface area (Å²) in [5, 5.41) is 12.3. The lowest BCUT2D eigenvalue weighted by Crippen LogP contribution is -2.19. The van der Waals surface area contributed by atoms with Crippen molar-refractivity contribution >= 4 is 16.6 Å². The fourth-order valence-corrected chi connectivity index (χ4v) is 4.75. The van der Waals surface area contributed by atoms with Gasteiger partial charge in [-0.05, 0) is 49.3 Å². The molecule has 1 atom stereocenters. The van der Waals surface area contributed by atoms with Crippen LogP contribution in [0.1, 0.15) is 36.4 Å². The van der Waals surface area contributed by atoms with Crippen LogP contribution in [-0.4, -0.2) is 61.6 Å². The molecule has 0 bridgehead atoms. The maximum absolute atomic E-state index is 11.2. The van der Waals surface area contributed by atoms with Gasteiger partial charge in [0.05, 0.1) is 49.2 Å². The highest BCUT2D eigenvalue weighted by molar-refractivity contribution is 6.14. The number of nitrogens with zero attached hydrogens (tertiary/aromatic N) is 2. The van der Waals surface area contributed by atoms with E-state index >= 15 is 0 Å². The van der Waals surface area contributed by atoms with E-state index in [1.54, 1.807) is 0 Å². The highest BCUT2D eigenvalue weighted by Gasteiger charge is 2.28. The van der Waals surface area contributed by atoms with Gasteiger partial charge in [-0.25, -0.2) is 0 Å². The third-order valence-electron chi connectivity index (χ3n) is 6.24. The van der Waals surface area contributed by atoms with Gasteiger partial charge in [0.1, 0.15) is 0 Å². The second-order valence-electron chi connectivity index (χ2n) is 8.08. The Labute approximate surface area is 165 Å². The van der Waals surface area contributed by atoms with Crippen LogP contribution < -0.4 is 0 Å². The number of ether oxygens (including phenoxy) is 3. The van der Waals surface area contributed by atoms with Gasteiger partial charge < -0.3 is 23.9 Å². The van der Waals surface area contributed by atoms with E-state index in [1.807, 2.05) is 4.57 Å². The topological polar surface area (TPSA) is 65.2 Å². The van der Waals surface area contributed by atoms with Crippen molar-refractivity contribution in [2.24, 2.45) is 10.9 Å². The van der Waals surface area contributed by atoms with Crippen LogP contribution in [0, 0.1) is 5.92 Å². The highest BCUT2D eigenvalue weighted by Crippen LogP contribution is 2.38. The number of hydrogen-bond acceptors (Lipinski definition) is 5. The summed E-state index contributed by atoms with van der Waals surface area (Å²) >= 11 is 0. The monoisotopic (exact) mass is 384 g/mol. The average molecular weight is 384 g/mol. The molecule has 1 N–H and O–H groups in total. The summed E-state index contributed by atoms with van der Waals surface area (Å²) in [5.74, 6) is 0.974. The molecule has 1 aromatic heterocycles. The number of fused-ring (bicyclic) bond motifs is 1. The van der Waals surface area contributed by atoms with Crippen LogP contribution in [0.5, 0.6) is 5.88 Å². The molecule has 3 aliphatic rings. The Bertz CT molecular complexity index is 876. The van der Waals surface area contributed by atoms with Gasteiger partial charge in [-0.3, -0.25) is 4.99 Å². The second-order valence-corrected chi connectivity index (χ2v) is 8.08. The van der Waals surface area contributed by atoms with Crippen molar-refractivity contribution in [2.75, 3.05) is 46.2 Å². The summed E-state index contributed by atoms with van der Waals surface area (Å²) in [6.07, 6.45) is 4.22. The summed E-state index contributed by atoms with van der Waals surface area (Å²) in [7, 11) is 0. The summed E-state index contributed by atoms with van der Waals surface area (Å²) < 4.78 is 18.8. The first kappa shape index (κ1) is 18.2. The Morgan fingerprint density at radius 1 is 1.04 bits per heavy atom. The van der Waals surface area contributed by atoms with E-state index in [0.29, 0.717) is 38.2 Å². The maximum atomic E-state index is 11.2. The molecule has 0 saturated carbocycles. The molecule has 6 nitrogen and oxygen atoms in total. The zero-order valence-corrected chi connectivity index (χ0v) is 16.2. The molecule has 2 saturated heterocycles. The van der Waals surface area contributed by atoms with Crippen LogP contribution in [0.15, 0.2) is 23.2 Å². The van der Waals surface area contributed by atoms with Gasteiger partial charge in [0.2, 0.25) is 5.88 Å². The quantitative estimate of drug-likeness (QED) is 0.880. The van der Waals surface area contributed by atoms with Crippen LogP contribution in [0.3, 0.4) is 0 Å². The first-order valence-corrected chi connectivity index (χ1v) is 10.4. The molecule has 0 radical (unpaired) electrons. The number of benzene rings is 1. The third-order valence-corrected chi connectivity index (χ3v) is 6.24. The largest absolute Gasteiger partial charge is 0.494 e. The Morgan fingerprint density at radius 3 is 2.64 bits per heavy atom. The zero-order chi connectivity index (χ0) is 18.9. The standard InChI is InChI=1S/C22H28N2O4/c25-22-21(19-14-28-10-6-23-19)18-12-16(11-15-3-7-26-8-4-15)1-2-20(18)24(22)17-5-9-27-13-17/h1-2,12,15,17,25H,3-11,13-14H2. The minimum atomic E-state index is 0.169. The lowest BCUT2D eigenvalue weighted by atomic mass is 9.91. The van der Waals surface area contributed by atoms with E-state index in [2.05, 4.69) is 23.2 Å². The molecule has 0 aliphatic carbocycles. The van der Waals surface area contributed by atoms with Crippen LogP contribution >= 0.6 is 0 Å². The lowest BCUT2D eigenvalue weighted by Gasteiger charge is -2.22. The Kier molecular flexibility index (Phi) is 5.09. The average Bonchev–Trinajstić information content (AvgIpc) is 3.34. The summed E-state index contributed by atoms with van der Waals surface area (Å²) in [4.78, 5) is 4.67. The molecule has 4 heterocycles. The fraction of sp³-hybridized carbons (Fsp3) is 0.591. The van der Waals surface area contributed by atoms with Crippen molar-refractivity contribution in [1.29, 1.82) is 0 Å². The Balaban J connectivity index is 1.58. The van der Waals surface area contributed by atoms with Gasteiger partial charge in [-0.15, -0.1) is 0 Å². The summed E-state index contributed by atoms with van der Waals surface area (Å²) in [5.41, 5.74) is 4.08. The summed E-state index contributed by atoms with van der Waals surface area (Å²) in [6.45, 7) is 4.87. The molecule has 1 aromatic carbocycles. The highest BCUT2D eigenvalue weighted by atomic mass is 16.5. The van der Waals surface area contributed by atoms with Gasteiger partial charge in [-0.1, -0.05) is 6.07 Å². The molecule has 150 valence electrons. The van der Waals surface area contributed by atoms with E-state index in [1.165, 1.54) is 5.56 Å². The van der Waals surface area contributed by atoms with E-state index in [4.69, 9.17) is 14.2 Å². The van der Waals surface area contributed by atoms with E-state index in [9.17, 15) is 5.11 Å². The van der Waals surface area contributed by atoms with Crippen LogP contribution in [-0.2, 0) is 20.6 Å². The second kappa shape index (κ2) is 7.85. The van der Waals surface area contributed by atoms with Gasteiger partial charge in [0.15, 0.2) is 0 Å². The molecule has 0 amide bonds. The lowest BCUT2D eigenvalue weighted by molar-refractivity contribution is 0.0665. The number of aliphatic imine (C=N–C) groups is 1. The van der Waals surface area contributed by atoms with Crippen LogP contribution in [0.2, 0.25) is 0 Å². The molecule has 28 heavy (non-hydrogen) atoms. The number of aromatic nitrogens is 1. The molecule has 2 fully saturated rings. The van der Waals surface area contributed by atoms with E-state index in [-0.39, 0.29) is 6.04 Å². The van der Waals surface area contributed by atoms with E-state index < -0.39 is 0 Å². The van der Waals surface area contributed by atoms with Gasteiger partial charge in [0.25, 0.3) is 0 Å². The van der Waals surface area contributed by atoms with Crippen LogP contribution in [0.4, 0.5) is 0 Å². The van der Waals surface area contributed by atoms with Gasteiger partial charge in [-0.2, -0.15) is 0 Å². The minimum Gasteiger partial charge on any atom is -0.494 e. The molecular formula is C22H28N2O4. The van der Waals surface area contributed by atoms with Crippen molar-refractivity contribution in [2.45, 2.75) is 31.7 Å². The van der Waals surface area contributed by atoms with Crippen molar-refractivity contribution in [3.8, 4) is 5.88 Å².